The number of allylic oxidation sites excluding steroid dienone is 4. The highest BCUT2D eigenvalue weighted by Crippen LogP contribution is 2.39. The maximum Gasteiger partial charge on any atom is 0.152 e. The minimum atomic E-state index is -0.0662. The van der Waals surface area contributed by atoms with Crippen LogP contribution in [-0.2, 0) is 0 Å². The molecule has 1 aliphatic carbocycles. The molecule has 0 aromatic heterocycles. The smallest absolute Gasteiger partial charge is 0.152 e. The maximum absolute atomic E-state index is 5.08. The number of nitrogens with zero attached hydrogens (tertiary/aromatic N) is 3. The van der Waals surface area contributed by atoms with Crippen LogP contribution in [0.3, 0.4) is 0 Å². The van der Waals surface area contributed by atoms with Crippen molar-refractivity contribution in [3.63, 3.8) is 0 Å². The Hall–Kier alpha value is -1.97. The zero-order valence-electron chi connectivity index (χ0n) is 15.2. The summed E-state index contributed by atoms with van der Waals surface area (Å²) in [6.45, 7) is 13.8. The van der Waals surface area contributed by atoms with Crippen molar-refractivity contribution in [3.05, 3.63) is 48.9 Å². The van der Waals surface area contributed by atoms with Crippen LogP contribution in [0.4, 0.5) is 0 Å². The molecule has 4 nitrogen and oxygen atoms in total. The van der Waals surface area contributed by atoms with Gasteiger partial charge in [-0.15, -0.1) is 6.58 Å². The SMILES string of the molecule is C=C[C@]1(C)C=CC=CC1C1N=C2C(=CN(CCC)CN2CCC)N1. The minimum Gasteiger partial charge on any atom is -0.359 e. The van der Waals surface area contributed by atoms with Gasteiger partial charge in [0.2, 0.25) is 0 Å². The third kappa shape index (κ3) is 3.02. The molecule has 24 heavy (non-hydrogen) atoms. The van der Waals surface area contributed by atoms with E-state index in [1.807, 2.05) is 6.08 Å². The van der Waals surface area contributed by atoms with E-state index in [1.54, 1.807) is 0 Å². The average molecular weight is 326 g/mol. The van der Waals surface area contributed by atoms with Gasteiger partial charge in [0, 0.05) is 30.6 Å². The number of rotatable bonds is 6. The molecular formula is C20H30N4. The third-order valence-corrected chi connectivity index (χ3v) is 5.16. The van der Waals surface area contributed by atoms with Gasteiger partial charge in [-0.05, 0) is 12.8 Å². The lowest BCUT2D eigenvalue weighted by molar-refractivity contribution is 0.235. The molecule has 0 bridgehead atoms. The van der Waals surface area contributed by atoms with Crippen molar-refractivity contribution in [3.8, 4) is 0 Å². The highest BCUT2D eigenvalue weighted by molar-refractivity contribution is 6.00. The van der Waals surface area contributed by atoms with Gasteiger partial charge in [0.15, 0.2) is 5.84 Å². The zero-order chi connectivity index (χ0) is 17.2. The molecule has 0 spiro atoms. The van der Waals surface area contributed by atoms with E-state index in [0.29, 0.717) is 0 Å². The van der Waals surface area contributed by atoms with Gasteiger partial charge in [-0.2, -0.15) is 0 Å². The number of amidine groups is 1. The molecule has 2 heterocycles. The van der Waals surface area contributed by atoms with Crippen LogP contribution in [0.1, 0.15) is 33.6 Å². The number of aliphatic imine (C=N–C) groups is 1. The fourth-order valence-electron chi connectivity index (χ4n) is 3.77. The monoisotopic (exact) mass is 326 g/mol. The fourth-order valence-corrected chi connectivity index (χ4v) is 3.77. The Kier molecular flexibility index (Phi) is 4.83. The Morgan fingerprint density at radius 1 is 1.33 bits per heavy atom. The summed E-state index contributed by atoms with van der Waals surface area (Å²) in [4.78, 5) is 9.88. The maximum atomic E-state index is 5.08. The van der Waals surface area contributed by atoms with Crippen molar-refractivity contribution >= 4 is 5.84 Å². The Morgan fingerprint density at radius 2 is 2.12 bits per heavy atom. The first kappa shape index (κ1) is 16.9. The first-order valence-corrected chi connectivity index (χ1v) is 9.16. The summed E-state index contributed by atoms with van der Waals surface area (Å²) in [6, 6.07) is 0. The Balaban J connectivity index is 1.87. The molecule has 0 aromatic carbocycles. The van der Waals surface area contributed by atoms with Gasteiger partial charge in [-0.25, -0.2) is 4.99 Å². The summed E-state index contributed by atoms with van der Waals surface area (Å²) in [5, 5.41) is 3.67. The molecule has 0 saturated heterocycles. The van der Waals surface area contributed by atoms with E-state index in [2.05, 4.69) is 73.0 Å². The number of hydrogen-bond acceptors (Lipinski definition) is 4. The van der Waals surface area contributed by atoms with Gasteiger partial charge in [-0.1, -0.05) is 51.2 Å². The van der Waals surface area contributed by atoms with E-state index in [1.165, 1.54) is 5.70 Å². The van der Waals surface area contributed by atoms with E-state index < -0.39 is 0 Å². The highest BCUT2D eigenvalue weighted by atomic mass is 15.4. The molecule has 4 heteroatoms. The van der Waals surface area contributed by atoms with Crippen LogP contribution in [0.2, 0.25) is 0 Å². The van der Waals surface area contributed by atoms with Crippen molar-refractivity contribution in [1.29, 1.82) is 0 Å². The number of hydrogen-bond donors (Lipinski definition) is 1. The molecule has 3 atom stereocenters. The van der Waals surface area contributed by atoms with Gasteiger partial charge in [0.25, 0.3) is 0 Å². The summed E-state index contributed by atoms with van der Waals surface area (Å²) in [5.41, 5.74) is 1.10. The molecular weight excluding hydrogens is 296 g/mol. The van der Waals surface area contributed by atoms with E-state index >= 15 is 0 Å². The van der Waals surface area contributed by atoms with Crippen molar-refractivity contribution < 1.29 is 0 Å². The molecule has 2 unspecified atom stereocenters. The fraction of sp³-hybridized carbons (Fsp3) is 0.550. The first-order chi connectivity index (χ1) is 11.6. The molecule has 0 fully saturated rings. The lowest BCUT2D eigenvalue weighted by Crippen LogP contribution is -2.46. The van der Waals surface area contributed by atoms with Gasteiger partial charge in [-0.3, -0.25) is 0 Å². The lowest BCUT2D eigenvalue weighted by Gasteiger charge is -2.36. The predicted octanol–water partition coefficient (Wildman–Crippen LogP) is 3.49. The Morgan fingerprint density at radius 3 is 2.83 bits per heavy atom. The molecule has 130 valence electrons. The molecule has 0 saturated carbocycles. The number of nitrogens with one attached hydrogen (secondary N) is 1. The molecule has 1 N–H and O–H groups in total. The topological polar surface area (TPSA) is 30.9 Å². The van der Waals surface area contributed by atoms with Crippen molar-refractivity contribution in [1.82, 2.24) is 15.1 Å². The summed E-state index contributed by atoms with van der Waals surface area (Å²) in [5.74, 6) is 1.41. The first-order valence-electron chi connectivity index (χ1n) is 9.16. The van der Waals surface area contributed by atoms with Crippen LogP contribution in [0.15, 0.2) is 53.8 Å². The summed E-state index contributed by atoms with van der Waals surface area (Å²) >= 11 is 0. The molecule has 0 radical (unpaired) electrons. The number of fused-ring (bicyclic) bond motifs is 1. The van der Waals surface area contributed by atoms with Gasteiger partial charge in [0.05, 0.1) is 12.4 Å². The predicted molar refractivity (Wildman–Crippen MR) is 101 cm³/mol. The highest BCUT2D eigenvalue weighted by Gasteiger charge is 2.40. The second-order valence-electron chi connectivity index (χ2n) is 7.14. The second kappa shape index (κ2) is 6.88. The van der Waals surface area contributed by atoms with E-state index in [-0.39, 0.29) is 17.5 Å². The summed E-state index contributed by atoms with van der Waals surface area (Å²) in [6.07, 6.45) is 15.4. The van der Waals surface area contributed by atoms with Gasteiger partial charge < -0.3 is 15.1 Å². The van der Waals surface area contributed by atoms with E-state index in [4.69, 9.17) is 4.99 Å². The average Bonchev–Trinajstić information content (AvgIpc) is 3.00. The standard InChI is InChI=1S/C20H30N4/c1-5-12-23-14-17-19(24(15-23)13-6-2)22-18(21-17)16-10-8-9-11-20(16,4)7-3/h7-11,14,16,18,21H,3,5-6,12-13,15H2,1-2,4H3/t16?,18?,20-/m1/s1. The second-order valence-corrected chi connectivity index (χ2v) is 7.14. The largest absolute Gasteiger partial charge is 0.359 e. The van der Waals surface area contributed by atoms with Crippen LogP contribution < -0.4 is 5.32 Å². The van der Waals surface area contributed by atoms with Crippen molar-refractivity contribution in [2.24, 2.45) is 16.3 Å². The third-order valence-electron chi connectivity index (χ3n) is 5.16. The summed E-state index contributed by atoms with van der Waals surface area (Å²) < 4.78 is 0. The van der Waals surface area contributed by atoms with Crippen LogP contribution in [0, 0.1) is 11.3 Å². The van der Waals surface area contributed by atoms with Gasteiger partial charge in [0.1, 0.15) is 6.17 Å². The van der Waals surface area contributed by atoms with Crippen LogP contribution in [0.5, 0.6) is 0 Å². The van der Waals surface area contributed by atoms with Crippen LogP contribution >= 0.6 is 0 Å². The molecule has 2 aliphatic heterocycles. The van der Waals surface area contributed by atoms with Crippen molar-refractivity contribution in [2.45, 2.75) is 39.8 Å². The van der Waals surface area contributed by atoms with Crippen LogP contribution in [-0.4, -0.2) is 41.6 Å². The molecule has 0 amide bonds. The Bertz CT molecular complexity index is 601. The summed E-state index contributed by atoms with van der Waals surface area (Å²) in [7, 11) is 0. The molecule has 0 aromatic rings. The van der Waals surface area contributed by atoms with Gasteiger partial charge >= 0.3 is 0 Å². The Labute approximate surface area is 146 Å². The normalized spacial score (nSPS) is 31.5. The van der Waals surface area contributed by atoms with E-state index in [9.17, 15) is 0 Å². The van der Waals surface area contributed by atoms with E-state index in [0.717, 1.165) is 38.4 Å². The molecule has 3 aliphatic rings. The quantitative estimate of drug-likeness (QED) is 0.758. The molecule has 3 rings (SSSR count). The lowest BCUT2D eigenvalue weighted by atomic mass is 9.73. The van der Waals surface area contributed by atoms with Crippen molar-refractivity contribution in [2.75, 3.05) is 19.8 Å². The minimum absolute atomic E-state index is 0.0661. The zero-order valence-corrected chi connectivity index (χ0v) is 15.2. The van der Waals surface area contributed by atoms with Crippen LogP contribution in [0.25, 0.3) is 0 Å².